The Morgan fingerprint density at radius 1 is 1.14 bits per heavy atom. The molecule has 0 unspecified atom stereocenters. The van der Waals surface area contributed by atoms with Crippen LogP contribution in [0.5, 0.6) is 5.75 Å². The summed E-state index contributed by atoms with van der Waals surface area (Å²) in [5.41, 5.74) is 0.860. The van der Waals surface area contributed by atoms with Crippen LogP contribution in [0.15, 0.2) is 28.7 Å². The van der Waals surface area contributed by atoms with E-state index in [2.05, 4.69) is 36.5 Å². The molecule has 0 atom stereocenters. The Kier molecular flexibility index (Phi) is 5.35. The Bertz CT molecular complexity index is 622. The van der Waals surface area contributed by atoms with Gasteiger partial charge >= 0.3 is 0 Å². The van der Waals surface area contributed by atoms with E-state index in [0.717, 1.165) is 21.7 Å². The highest BCUT2D eigenvalue weighted by atomic mass is 79.9. The highest BCUT2D eigenvalue weighted by molar-refractivity contribution is 9.10. The molecule has 1 aromatic carbocycles. The molecule has 0 bridgehead atoms. The Hall–Kier alpha value is -1.86. The van der Waals surface area contributed by atoms with Crippen LogP contribution in [-0.2, 0) is 11.3 Å². The van der Waals surface area contributed by atoms with E-state index in [1.165, 1.54) is 0 Å². The van der Waals surface area contributed by atoms with Crippen molar-refractivity contribution in [3.05, 3.63) is 34.6 Å². The first-order valence-electron chi connectivity index (χ1n) is 6.31. The van der Waals surface area contributed by atoms with Gasteiger partial charge in [0, 0.05) is 30.8 Å². The first-order chi connectivity index (χ1) is 10.2. The van der Waals surface area contributed by atoms with Gasteiger partial charge in [-0.25, -0.2) is 9.97 Å². The summed E-state index contributed by atoms with van der Waals surface area (Å²) in [6.07, 6.45) is 0. The smallest absolute Gasteiger partial charge is 0.158 e. The minimum absolute atomic E-state index is 0.351. The van der Waals surface area contributed by atoms with Gasteiger partial charge < -0.3 is 20.1 Å². The predicted molar refractivity (Wildman–Crippen MR) is 86.3 cm³/mol. The van der Waals surface area contributed by atoms with E-state index in [9.17, 15) is 0 Å². The molecule has 21 heavy (non-hydrogen) atoms. The Balaban J connectivity index is 2.32. The van der Waals surface area contributed by atoms with Crippen LogP contribution < -0.4 is 15.4 Å². The molecular formula is C14H17BrN4O2. The molecule has 2 rings (SSSR count). The zero-order chi connectivity index (χ0) is 15.2. The van der Waals surface area contributed by atoms with Gasteiger partial charge in [0.2, 0.25) is 0 Å². The zero-order valence-corrected chi connectivity index (χ0v) is 13.7. The topological polar surface area (TPSA) is 68.3 Å². The molecule has 2 N–H and O–H groups in total. The third kappa shape index (κ3) is 4.05. The summed E-state index contributed by atoms with van der Waals surface area (Å²) >= 11 is 3.50. The minimum atomic E-state index is 0.351. The van der Waals surface area contributed by atoms with E-state index >= 15 is 0 Å². The van der Waals surface area contributed by atoms with E-state index in [1.54, 1.807) is 14.2 Å². The largest absolute Gasteiger partial charge is 0.497 e. The maximum Gasteiger partial charge on any atom is 0.158 e. The number of aromatic nitrogens is 2. The highest BCUT2D eigenvalue weighted by Gasteiger charge is 2.07. The SMILES string of the molecule is CNc1cc(Nc2cc(OC)ccc2Br)nc(COC)n1. The van der Waals surface area contributed by atoms with Gasteiger partial charge in [-0.3, -0.25) is 0 Å². The van der Waals surface area contributed by atoms with Gasteiger partial charge in [0.05, 0.1) is 12.8 Å². The molecular weight excluding hydrogens is 336 g/mol. The van der Waals surface area contributed by atoms with Crippen LogP contribution in [0.4, 0.5) is 17.3 Å². The van der Waals surface area contributed by atoms with Crippen LogP contribution in [-0.4, -0.2) is 31.2 Å². The minimum Gasteiger partial charge on any atom is -0.497 e. The van der Waals surface area contributed by atoms with Crippen molar-refractivity contribution in [1.82, 2.24) is 9.97 Å². The zero-order valence-electron chi connectivity index (χ0n) is 12.1. The maximum atomic E-state index is 5.23. The molecule has 0 radical (unpaired) electrons. The first kappa shape index (κ1) is 15.5. The average Bonchev–Trinajstić information content (AvgIpc) is 2.49. The summed E-state index contributed by atoms with van der Waals surface area (Å²) in [7, 11) is 5.05. The number of hydrogen-bond donors (Lipinski definition) is 2. The second-order valence-electron chi connectivity index (χ2n) is 4.21. The number of nitrogens with zero attached hydrogens (tertiary/aromatic N) is 2. The van der Waals surface area contributed by atoms with Crippen molar-refractivity contribution in [2.75, 3.05) is 31.9 Å². The summed E-state index contributed by atoms with van der Waals surface area (Å²) in [6.45, 7) is 0.351. The van der Waals surface area contributed by atoms with Crippen molar-refractivity contribution in [2.45, 2.75) is 6.61 Å². The Morgan fingerprint density at radius 3 is 2.57 bits per heavy atom. The standard InChI is InChI=1S/C14H17BrN4O2/c1-16-12-7-13(19-14(18-12)8-20-2)17-11-6-9(21-3)4-5-10(11)15/h4-7H,8H2,1-3H3,(H2,16,17,18,19). The van der Waals surface area contributed by atoms with E-state index in [-0.39, 0.29) is 0 Å². The molecule has 0 amide bonds. The lowest BCUT2D eigenvalue weighted by Crippen LogP contribution is -2.05. The molecule has 1 aromatic heterocycles. The number of rotatable bonds is 6. The predicted octanol–water partition coefficient (Wildman–Crippen LogP) is 3.18. The van der Waals surface area contributed by atoms with Crippen molar-refractivity contribution >= 4 is 33.3 Å². The molecule has 0 saturated carbocycles. The van der Waals surface area contributed by atoms with Gasteiger partial charge in [0.15, 0.2) is 5.82 Å². The van der Waals surface area contributed by atoms with Gasteiger partial charge in [0.1, 0.15) is 24.0 Å². The van der Waals surface area contributed by atoms with Crippen molar-refractivity contribution < 1.29 is 9.47 Å². The fourth-order valence-corrected chi connectivity index (χ4v) is 2.09. The molecule has 0 aliphatic heterocycles. The van der Waals surface area contributed by atoms with Crippen molar-refractivity contribution in [3.63, 3.8) is 0 Å². The van der Waals surface area contributed by atoms with Crippen LogP contribution in [0.3, 0.4) is 0 Å². The van der Waals surface area contributed by atoms with Crippen molar-refractivity contribution in [1.29, 1.82) is 0 Å². The third-order valence-corrected chi connectivity index (χ3v) is 3.43. The van der Waals surface area contributed by atoms with Crippen molar-refractivity contribution in [3.8, 4) is 5.75 Å². The first-order valence-corrected chi connectivity index (χ1v) is 7.10. The van der Waals surface area contributed by atoms with Crippen LogP contribution in [0, 0.1) is 0 Å². The molecule has 7 heteroatoms. The lowest BCUT2D eigenvalue weighted by molar-refractivity contribution is 0.178. The summed E-state index contributed by atoms with van der Waals surface area (Å²) in [5.74, 6) is 2.76. The summed E-state index contributed by atoms with van der Waals surface area (Å²) in [4.78, 5) is 8.73. The van der Waals surface area contributed by atoms with E-state index in [1.807, 2.05) is 31.3 Å². The van der Waals surface area contributed by atoms with Crippen LogP contribution in [0.25, 0.3) is 0 Å². The summed E-state index contributed by atoms with van der Waals surface area (Å²) < 4.78 is 11.2. The number of ether oxygens (including phenoxy) is 2. The highest BCUT2D eigenvalue weighted by Crippen LogP contribution is 2.29. The normalized spacial score (nSPS) is 10.3. The molecule has 2 aromatic rings. The fraction of sp³-hybridized carbons (Fsp3) is 0.286. The number of nitrogens with one attached hydrogen (secondary N) is 2. The monoisotopic (exact) mass is 352 g/mol. The van der Waals surface area contributed by atoms with Crippen LogP contribution in [0.2, 0.25) is 0 Å². The lowest BCUT2D eigenvalue weighted by Gasteiger charge is -2.12. The lowest BCUT2D eigenvalue weighted by atomic mass is 10.3. The molecule has 0 aliphatic carbocycles. The molecule has 1 heterocycles. The third-order valence-electron chi connectivity index (χ3n) is 2.74. The number of anilines is 3. The summed E-state index contributed by atoms with van der Waals surface area (Å²) in [5, 5.41) is 6.25. The quantitative estimate of drug-likeness (QED) is 0.832. The van der Waals surface area contributed by atoms with Crippen molar-refractivity contribution in [2.24, 2.45) is 0 Å². The van der Waals surface area contributed by atoms with Gasteiger partial charge in [0.25, 0.3) is 0 Å². The maximum absolute atomic E-state index is 5.23. The van der Waals surface area contributed by atoms with Gasteiger partial charge in [-0.2, -0.15) is 0 Å². The van der Waals surface area contributed by atoms with Gasteiger partial charge in [-0.1, -0.05) is 0 Å². The Morgan fingerprint density at radius 2 is 1.90 bits per heavy atom. The molecule has 0 saturated heterocycles. The second-order valence-corrected chi connectivity index (χ2v) is 5.06. The van der Waals surface area contributed by atoms with Gasteiger partial charge in [-0.15, -0.1) is 0 Å². The Labute approximate surface area is 132 Å². The van der Waals surface area contributed by atoms with E-state index in [4.69, 9.17) is 9.47 Å². The molecule has 6 nitrogen and oxygen atoms in total. The fourth-order valence-electron chi connectivity index (χ4n) is 1.75. The summed E-state index contributed by atoms with van der Waals surface area (Å²) in [6, 6.07) is 7.51. The number of halogens is 1. The van der Waals surface area contributed by atoms with E-state index in [0.29, 0.717) is 18.2 Å². The molecule has 0 fully saturated rings. The molecule has 0 spiro atoms. The molecule has 112 valence electrons. The number of methoxy groups -OCH3 is 2. The van der Waals surface area contributed by atoms with E-state index < -0.39 is 0 Å². The number of hydrogen-bond acceptors (Lipinski definition) is 6. The second kappa shape index (κ2) is 7.24. The van der Waals surface area contributed by atoms with Crippen LogP contribution >= 0.6 is 15.9 Å². The van der Waals surface area contributed by atoms with Gasteiger partial charge in [-0.05, 0) is 28.1 Å². The number of benzene rings is 1. The van der Waals surface area contributed by atoms with Crippen LogP contribution in [0.1, 0.15) is 5.82 Å². The molecule has 0 aliphatic rings. The average molecular weight is 353 g/mol.